The lowest BCUT2D eigenvalue weighted by molar-refractivity contribution is -0.117. The summed E-state index contributed by atoms with van der Waals surface area (Å²) >= 11 is 6.39. The van der Waals surface area contributed by atoms with E-state index >= 15 is 0 Å². The van der Waals surface area contributed by atoms with E-state index in [4.69, 9.17) is 16.3 Å². The zero-order valence-corrected chi connectivity index (χ0v) is 12.5. The van der Waals surface area contributed by atoms with Crippen LogP contribution in [0.1, 0.15) is 11.6 Å². The van der Waals surface area contributed by atoms with Gasteiger partial charge in [-0.1, -0.05) is 11.6 Å². The standard InChI is InChI=1S/C14H18ClN3O3/c1-16-13-9-4-10(15)12(5-11(9)17-14(13)20)18-2-3-21-8(6-18)7-19/h4-5,8,13,16,19H,2-3,6-7H2,1H3,(H,17,20). The van der Waals surface area contributed by atoms with Crippen molar-refractivity contribution in [3.63, 3.8) is 0 Å². The first-order valence-electron chi connectivity index (χ1n) is 6.93. The number of hydrogen-bond acceptors (Lipinski definition) is 5. The third kappa shape index (κ3) is 2.60. The van der Waals surface area contributed by atoms with Crippen LogP contribution in [-0.2, 0) is 9.53 Å². The van der Waals surface area contributed by atoms with E-state index in [1.54, 1.807) is 7.05 Å². The molecular weight excluding hydrogens is 294 g/mol. The summed E-state index contributed by atoms with van der Waals surface area (Å²) in [5, 5.41) is 15.7. The van der Waals surface area contributed by atoms with Crippen molar-refractivity contribution in [2.24, 2.45) is 0 Å². The minimum atomic E-state index is -0.360. The van der Waals surface area contributed by atoms with Crippen LogP contribution in [-0.4, -0.2) is 50.5 Å². The number of nitrogens with one attached hydrogen (secondary N) is 2. The maximum atomic E-state index is 11.9. The summed E-state index contributed by atoms with van der Waals surface area (Å²) in [5.74, 6) is -0.0732. The molecule has 0 saturated carbocycles. The Hall–Kier alpha value is -1.34. The summed E-state index contributed by atoms with van der Waals surface area (Å²) in [7, 11) is 1.75. The molecule has 114 valence electrons. The van der Waals surface area contributed by atoms with Crippen molar-refractivity contribution >= 4 is 28.9 Å². The number of anilines is 2. The summed E-state index contributed by atoms with van der Waals surface area (Å²) in [5.41, 5.74) is 2.50. The first kappa shape index (κ1) is 14.6. The van der Waals surface area contributed by atoms with E-state index in [9.17, 15) is 9.90 Å². The van der Waals surface area contributed by atoms with Gasteiger partial charge in [-0.25, -0.2) is 0 Å². The molecule has 2 heterocycles. The molecule has 6 nitrogen and oxygen atoms in total. The Morgan fingerprint density at radius 1 is 1.57 bits per heavy atom. The number of halogens is 1. The summed E-state index contributed by atoms with van der Waals surface area (Å²) in [6.07, 6.45) is -0.206. The van der Waals surface area contributed by atoms with Crippen LogP contribution in [0.15, 0.2) is 12.1 Å². The molecule has 0 aliphatic carbocycles. The Morgan fingerprint density at radius 2 is 2.38 bits per heavy atom. The Labute approximate surface area is 128 Å². The number of carbonyl (C=O) groups excluding carboxylic acids is 1. The molecule has 0 spiro atoms. The molecule has 2 aliphatic heterocycles. The first-order chi connectivity index (χ1) is 10.1. The van der Waals surface area contributed by atoms with Crippen LogP contribution in [0.3, 0.4) is 0 Å². The van der Waals surface area contributed by atoms with Crippen molar-refractivity contribution in [2.75, 3.05) is 43.6 Å². The van der Waals surface area contributed by atoms with Gasteiger partial charge in [-0.15, -0.1) is 0 Å². The molecule has 2 atom stereocenters. The van der Waals surface area contributed by atoms with Crippen molar-refractivity contribution in [1.82, 2.24) is 5.32 Å². The molecule has 2 unspecified atom stereocenters. The lowest BCUT2D eigenvalue weighted by Gasteiger charge is -2.34. The van der Waals surface area contributed by atoms with Gasteiger partial charge < -0.3 is 25.4 Å². The van der Waals surface area contributed by atoms with Gasteiger partial charge in [0.05, 0.1) is 30.0 Å². The number of amides is 1. The summed E-state index contributed by atoms with van der Waals surface area (Å²) in [6, 6.07) is 3.36. The van der Waals surface area contributed by atoms with Crippen molar-refractivity contribution in [1.29, 1.82) is 0 Å². The highest BCUT2D eigenvalue weighted by molar-refractivity contribution is 6.33. The van der Waals surface area contributed by atoms with Crippen LogP contribution >= 0.6 is 11.6 Å². The maximum absolute atomic E-state index is 11.9. The van der Waals surface area contributed by atoms with Crippen LogP contribution in [0.2, 0.25) is 5.02 Å². The van der Waals surface area contributed by atoms with Gasteiger partial charge >= 0.3 is 0 Å². The number of rotatable bonds is 3. The van der Waals surface area contributed by atoms with E-state index in [1.807, 2.05) is 12.1 Å². The molecule has 1 aromatic carbocycles. The normalized spacial score (nSPS) is 24.9. The van der Waals surface area contributed by atoms with Gasteiger partial charge in [0.15, 0.2) is 0 Å². The number of fused-ring (bicyclic) bond motifs is 1. The quantitative estimate of drug-likeness (QED) is 0.768. The predicted molar refractivity (Wildman–Crippen MR) is 80.9 cm³/mol. The van der Waals surface area contributed by atoms with Crippen molar-refractivity contribution in [3.05, 3.63) is 22.7 Å². The number of hydrogen-bond donors (Lipinski definition) is 3. The summed E-state index contributed by atoms with van der Waals surface area (Å²) in [4.78, 5) is 14.0. The zero-order valence-electron chi connectivity index (χ0n) is 11.7. The van der Waals surface area contributed by atoms with Gasteiger partial charge in [0.1, 0.15) is 6.04 Å². The van der Waals surface area contributed by atoms with E-state index in [2.05, 4.69) is 15.5 Å². The molecule has 2 aliphatic rings. The van der Waals surface area contributed by atoms with Crippen LogP contribution in [0, 0.1) is 0 Å². The van der Waals surface area contributed by atoms with Crippen molar-refractivity contribution in [2.45, 2.75) is 12.1 Å². The Bertz CT molecular complexity index is 567. The number of likely N-dealkylation sites (N-methyl/N-ethyl adjacent to an activating group) is 1. The summed E-state index contributed by atoms with van der Waals surface area (Å²) in [6.45, 7) is 1.82. The molecule has 1 aromatic rings. The SMILES string of the molecule is CNC1C(=O)Nc2cc(N3CCOC(CO)C3)c(Cl)cc21. The fraction of sp³-hybridized carbons (Fsp3) is 0.500. The van der Waals surface area contributed by atoms with E-state index in [-0.39, 0.29) is 24.7 Å². The van der Waals surface area contributed by atoms with Crippen LogP contribution in [0.5, 0.6) is 0 Å². The highest BCUT2D eigenvalue weighted by atomic mass is 35.5. The van der Waals surface area contributed by atoms with Gasteiger partial charge in [-0.3, -0.25) is 4.79 Å². The van der Waals surface area contributed by atoms with Gasteiger partial charge in [0.25, 0.3) is 0 Å². The predicted octanol–water partition coefficient (Wildman–Crippen LogP) is 0.750. The zero-order chi connectivity index (χ0) is 15.0. The molecule has 7 heteroatoms. The molecule has 0 bridgehead atoms. The van der Waals surface area contributed by atoms with Crippen molar-refractivity contribution in [3.8, 4) is 0 Å². The molecule has 21 heavy (non-hydrogen) atoms. The van der Waals surface area contributed by atoms with Crippen LogP contribution in [0.4, 0.5) is 11.4 Å². The van der Waals surface area contributed by atoms with E-state index in [0.29, 0.717) is 24.7 Å². The van der Waals surface area contributed by atoms with Gasteiger partial charge in [0.2, 0.25) is 5.91 Å². The fourth-order valence-corrected chi connectivity index (χ4v) is 3.14. The number of morpholine rings is 1. The van der Waals surface area contributed by atoms with Crippen LogP contribution in [0.25, 0.3) is 0 Å². The number of aliphatic hydroxyl groups is 1. The lowest BCUT2D eigenvalue weighted by atomic mass is 10.1. The first-order valence-corrected chi connectivity index (χ1v) is 7.30. The third-order valence-electron chi connectivity index (χ3n) is 3.92. The molecule has 1 saturated heterocycles. The molecule has 0 aromatic heterocycles. The van der Waals surface area contributed by atoms with E-state index in [1.165, 1.54) is 0 Å². The molecular formula is C14H18ClN3O3. The van der Waals surface area contributed by atoms with Gasteiger partial charge in [-0.05, 0) is 19.2 Å². The molecule has 0 radical (unpaired) electrons. The summed E-state index contributed by atoms with van der Waals surface area (Å²) < 4.78 is 5.45. The Kier molecular flexibility index (Phi) is 4.03. The van der Waals surface area contributed by atoms with Gasteiger partial charge in [-0.2, -0.15) is 0 Å². The molecule has 1 fully saturated rings. The topological polar surface area (TPSA) is 73.8 Å². The fourth-order valence-electron chi connectivity index (χ4n) is 2.85. The minimum Gasteiger partial charge on any atom is -0.394 e. The number of benzene rings is 1. The number of ether oxygens (including phenoxy) is 1. The van der Waals surface area contributed by atoms with Crippen molar-refractivity contribution < 1.29 is 14.6 Å². The highest BCUT2D eigenvalue weighted by Gasteiger charge is 2.31. The monoisotopic (exact) mass is 311 g/mol. The second-order valence-electron chi connectivity index (χ2n) is 5.22. The second kappa shape index (κ2) is 5.81. The smallest absolute Gasteiger partial charge is 0.246 e. The third-order valence-corrected chi connectivity index (χ3v) is 4.22. The minimum absolute atomic E-state index is 0.0162. The molecule has 3 rings (SSSR count). The maximum Gasteiger partial charge on any atom is 0.246 e. The highest BCUT2D eigenvalue weighted by Crippen LogP contribution is 2.39. The average molecular weight is 312 g/mol. The molecule has 1 amide bonds. The van der Waals surface area contributed by atoms with E-state index < -0.39 is 0 Å². The largest absolute Gasteiger partial charge is 0.394 e. The Balaban J connectivity index is 1.91. The molecule has 3 N–H and O–H groups in total. The van der Waals surface area contributed by atoms with Gasteiger partial charge in [0, 0.05) is 24.3 Å². The second-order valence-corrected chi connectivity index (χ2v) is 5.63. The number of nitrogens with zero attached hydrogens (tertiary/aromatic N) is 1. The van der Waals surface area contributed by atoms with Crippen LogP contribution < -0.4 is 15.5 Å². The lowest BCUT2D eigenvalue weighted by Crippen LogP contribution is -2.44. The number of carbonyl (C=O) groups is 1. The number of aliphatic hydroxyl groups excluding tert-OH is 1. The average Bonchev–Trinajstić information content (AvgIpc) is 2.80. The Morgan fingerprint density at radius 3 is 3.10 bits per heavy atom. The van der Waals surface area contributed by atoms with E-state index in [0.717, 1.165) is 16.9 Å².